The van der Waals surface area contributed by atoms with E-state index >= 15 is 0 Å². The fourth-order valence-electron chi connectivity index (χ4n) is 5.72. The topological polar surface area (TPSA) is 137 Å². The first-order valence-electron chi connectivity index (χ1n) is 15.1. The van der Waals surface area contributed by atoms with E-state index in [0.717, 1.165) is 24.8 Å². The molecule has 0 bridgehead atoms. The van der Waals surface area contributed by atoms with Gasteiger partial charge in [-0.2, -0.15) is 0 Å². The number of nitrogens with zero attached hydrogens (tertiary/aromatic N) is 1. The molecule has 224 valence electrons. The van der Waals surface area contributed by atoms with Crippen LogP contribution >= 0.6 is 0 Å². The fourth-order valence-corrected chi connectivity index (χ4v) is 5.72. The fraction of sp³-hybridized carbons (Fsp3) is 0.645. The maximum absolute atomic E-state index is 13.8. The Bertz CT molecular complexity index is 1090. The number of piperidine rings is 1. The normalized spacial score (nSPS) is 27.2. The molecule has 0 saturated carbocycles. The molecule has 1 aromatic carbocycles. The number of rotatable bonds is 11. The standard InChI is InChI=1S/C31H44N4O6/c1-20(2)17-24-31(40)35-16-10-9-14-25(35)30(39)32-22(13-7-4-8-15-26(36)27-19-41-27)28(37)33-23(29(38)34-24)18-21-11-5-3-6-12-21/h3,5-6,11-12,20,22-25,27H,4,7-10,13-19H2,1-2H3,(H,32,39)(H,33,37)(H,34,38)/t22-,23+,24+,25-,27+/m0/s1. The number of benzene rings is 1. The molecule has 3 aliphatic heterocycles. The minimum atomic E-state index is -0.917. The zero-order valence-corrected chi connectivity index (χ0v) is 24.2. The van der Waals surface area contributed by atoms with Crippen molar-refractivity contribution in [3.05, 3.63) is 35.9 Å². The number of nitrogens with one attached hydrogen (secondary N) is 3. The van der Waals surface area contributed by atoms with Crippen LogP contribution < -0.4 is 16.0 Å². The van der Waals surface area contributed by atoms with Crippen molar-refractivity contribution in [2.45, 2.75) is 108 Å². The van der Waals surface area contributed by atoms with Gasteiger partial charge in [-0.05, 0) is 50.0 Å². The second-order valence-electron chi connectivity index (χ2n) is 11.9. The number of hydrogen-bond acceptors (Lipinski definition) is 6. The van der Waals surface area contributed by atoms with Crippen LogP contribution in [0.1, 0.15) is 77.2 Å². The Morgan fingerprint density at radius 1 is 0.902 bits per heavy atom. The molecule has 4 amide bonds. The maximum Gasteiger partial charge on any atom is 0.245 e. The Morgan fingerprint density at radius 3 is 2.29 bits per heavy atom. The second-order valence-corrected chi connectivity index (χ2v) is 11.9. The molecule has 0 radical (unpaired) electrons. The molecule has 10 heteroatoms. The summed E-state index contributed by atoms with van der Waals surface area (Å²) in [6, 6.07) is 6.14. The van der Waals surface area contributed by atoms with Crippen molar-refractivity contribution < 1.29 is 28.7 Å². The van der Waals surface area contributed by atoms with Crippen LogP contribution in [-0.4, -0.2) is 77.7 Å². The van der Waals surface area contributed by atoms with Gasteiger partial charge in [-0.3, -0.25) is 24.0 Å². The van der Waals surface area contributed by atoms with Crippen molar-refractivity contribution >= 4 is 29.4 Å². The minimum Gasteiger partial charge on any atom is -0.365 e. The zero-order valence-electron chi connectivity index (χ0n) is 24.2. The third-order valence-corrected chi connectivity index (χ3v) is 8.07. The first-order chi connectivity index (χ1) is 19.7. The third kappa shape index (κ3) is 8.86. The van der Waals surface area contributed by atoms with Crippen molar-refractivity contribution in [1.82, 2.24) is 20.9 Å². The van der Waals surface area contributed by atoms with E-state index in [1.54, 1.807) is 4.90 Å². The van der Waals surface area contributed by atoms with Gasteiger partial charge in [0.05, 0.1) is 6.61 Å². The Balaban J connectivity index is 1.54. The average Bonchev–Trinajstić information content (AvgIpc) is 3.81. The quantitative estimate of drug-likeness (QED) is 0.276. The Hall–Kier alpha value is -3.27. The third-order valence-electron chi connectivity index (χ3n) is 8.07. The Morgan fingerprint density at radius 2 is 1.59 bits per heavy atom. The number of carbonyl (C=O) groups excluding carboxylic acids is 5. The van der Waals surface area contributed by atoms with Crippen LogP contribution in [0.3, 0.4) is 0 Å². The van der Waals surface area contributed by atoms with Crippen LogP contribution in [0.15, 0.2) is 30.3 Å². The zero-order chi connectivity index (χ0) is 29.4. The lowest BCUT2D eigenvalue weighted by atomic mass is 9.95. The van der Waals surface area contributed by atoms with E-state index < -0.39 is 36.0 Å². The first kappa shape index (κ1) is 30.7. The van der Waals surface area contributed by atoms with E-state index in [9.17, 15) is 24.0 Å². The number of ketones is 1. The van der Waals surface area contributed by atoms with Crippen molar-refractivity contribution in [1.29, 1.82) is 0 Å². The summed E-state index contributed by atoms with van der Waals surface area (Å²) in [6.45, 7) is 4.91. The summed E-state index contributed by atoms with van der Waals surface area (Å²) in [4.78, 5) is 68.1. The van der Waals surface area contributed by atoms with Gasteiger partial charge in [-0.15, -0.1) is 0 Å². The lowest BCUT2D eigenvalue weighted by Gasteiger charge is -2.39. The monoisotopic (exact) mass is 568 g/mol. The highest BCUT2D eigenvalue weighted by molar-refractivity contribution is 5.97. The summed E-state index contributed by atoms with van der Waals surface area (Å²) in [5.74, 6) is -1.19. The van der Waals surface area contributed by atoms with E-state index in [1.165, 1.54) is 0 Å². The molecule has 41 heavy (non-hydrogen) atoms. The molecule has 4 rings (SSSR count). The van der Waals surface area contributed by atoms with Crippen LogP contribution in [0, 0.1) is 5.92 Å². The van der Waals surface area contributed by atoms with Gasteiger partial charge >= 0.3 is 0 Å². The van der Waals surface area contributed by atoms with Crippen LogP contribution in [0.5, 0.6) is 0 Å². The minimum absolute atomic E-state index is 0.106. The van der Waals surface area contributed by atoms with E-state index in [-0.39, 0.29) is 36.0 Å². The highest BCUT2D eigenvalue weighted by atomic mass is 16.6. The molecule has 0 spiro atoms. The molecule has 3 N–H and O–H groups in total. The number of carbonyl (C=O) groups is 5. The highest BCUT2D eigenvalue weighted by Crippen LogP contribution is 2.22. The molecule has 10 nitrogen and oxygen atoms in total. The molecule has 3 aliphatic rings. The second kappa shape index (κ2) is 14.6. The van der Waals surface area contributed by atoms with Gasteiger partial charge in [0.2, 0.25) is 23.6 Å². The van der Waals surface area contributed by atoms with Gasteiger partial charge < -0.3 is 25.6 Å². The van der Waals surface area contributed by atoms with Crippen LogP contribution in [0.25, 0.3) is 0 Å². The van der Waals surface area contributed by atoms with Crippen LogP contribution in [0.4, 0.5) is 0 Å². The van der Waals surface area contributed by atoms with Crippen molar-refractivity contribution in [2.24, 2.45) is 5.92 Å². The summed E-state index contributed by atoms with van der Waals surface area (Å²) in [5, 5.41) is 8.74. The van der Waals surface area contributed by atoms with Crippen molar-refractivity contribution in [3.63, 3.8) is 0 Å². The molecule has 0 unspecified atom stereocenters. The molecule has 3 heterocycles. The van der Waals surface area contributed by atoms with Crippen LogP contribution in [-0.2, 0) is 35.1 Å². The highest BCUT2D eigenvalue weighted by Gasteiger charge is 2.39. The maximum atomic E-state index is 13.8. The number of Topliss-reactive ketones (excluding diaryl/α,β-unsaturated/α-hetero) is 1. The number of amides is 4. The molecule has 1 aromatic rings. The largest absolute Gasteiger partial charge is 0.365 e. The average molecular weight is 569 g/mol. The lowest BCUT2D eigenvalue weighted by Crippen LogP contribution is -2.63. The van der Waals surface area contributed by atoms with Gasteiger partial charge in [0.15, 0.2) is 5.78 Å². The molecule has 5 atom stereocenters. The molecule has 0 aromatic heterocycles. The van der Waals surface area contributed by atoms with E-state index in [2.05, 4.69) is 16.0 Å². The number of fused-ring (bicyclic) bond motifs is 1. The molecule has 3 fully saturated rings. The van der Waals surface area contributed by atoms with Gasteiger partial charge in [0, 0.05) is 19.4 Å². The summed E-state index contributed by atoms with van der Waals surface area (Å²) in [5.41, 5.74) is 0.868. The SMILES string of the molecule is CC(C)C[C@H]1NC(=O)[C@@H](Cc2ccccc2)NC(=O)[C@H](CCCCCC(=O)[C@H]2CO2)NC(=O)[C@@H]2CCCCN2C1=O. The molecule has 3 saturated heterocycles. The Labute approximate surface area is 242 Å². The summed E-state index contributed by atoms with van der Waals surface area (Å²) in [7, 11) is 0. The predicted octanol–water partition coefficient (Wildman–Crippen LogP) is 2.04. The van der Waals surface area contributed by atoms with Crippen molar-refractivity contribution in [2.75, 3.05) is 13.2 Å². The van der Waals surface area contributed by atoms with Gasteiger partial charge in [-0.1, -0.05) is 57.0 Å². The smallest absolute Gasteiger partial charge is 0.245 e. The van der Waals surface area contributed by atoms with Crippen molar-refractivity contribution in [3.8, 4) is 0 Å². The summed E-state index contributed by atoms with van der Waals surface area (Å²) < 4.78 is 5.04. The number of epoxide rings is 1. The summed E-state index contributed by atoms with van der Waals surface area (Å²) in [6.07, 6.45) is 5.34. The molecular weight excluding hydrogens is 524 g/mol. The van der Waals surface area contributed by atoms with E-state index in [0.29, 0.717) is 51.7 Å². The first-order valence-corrected chi connectivity index (χ1v) is 15.1. The Kier molecular flexibility index (Phi) is 10.9. The predicted molar refractivity (Wildman–Crippen MR) is 153 cm³/mol. The lowest BCUT2D eigenvalue weighted by molar-refractivity contribution is -0.147. The number of unbranched alkanes of at least 4 members (excludes halogenated alkanes) is 2. The van der Waals surface area contributed by atoms with Gasteiger partial charge in [0.1, 0.15) is 30.3 Å². The number of ether oxygens (including phenoxy) is 1. The molecular formula is C31H44N4O6. The summed E-state index contributed by atoms with van der Waals surface area (Å²) >= 11 is 0. The van der Waals surface area contributed by atoms with Gasteiger partial charge in [0.25, 0.3) is 0 Å². The van der Waals surface area contributed by atoms with Crippen LogP contribution in [0.2, 0.25) is 0 Å². The van der Waals surface area contributed by atoms with E-state index in [4.69, 9.17) is 4.74 Å². The van der Waals surface area contributed by atoms with E-state index in [1.807, 2.05) is 44.2 Å². The number of hydrogen-bond donors (Lipinski definition) is 3. The van der Waals surface area contributed by atoms with Gasteiger partial charge in [-0.25, -0.2) is 0 Å². The molecule has 0 aliphatic carbocycles.